The maximum absolute atomic E-state index is 12.9. The molecule has 0 saturated carbocycles. The van der Waals surface area contributed by atoms with E-state index in [1.165, 1.54) is 0 Å². The van der Waals surface area contributed by atoms with E-state index in [1.807, 2.05) is 30.9 Å². The van der Waals surface area contributed by atoms with Gasteiger partial charge in [-0.25, -0.2) is 0 Å². The first kappa shape index (κ1) is 21.5. The van der Waals surface area contributed by atoms with Gasteiger partial charge in [-0.1, -0.05) is 20.8 Å². The molecule has 1 aromatic rings. The lowest BCUT2D eigenvalue weighted by molar-refractivity contribution is -0.118. The smallest absolute Gasteiger partial charge is 0.254 e. The molecule has 0 radical (unpaired) electrons. The summed E-state index contributed by atoms with van der Waals surface area (Å²) in [4.78, 5) is 26.6. The van der Waals surface area contributed by atoms with Gasteiger partial charge >= 0.3 is 0 Å². The monoisotopic (exact) mass is 367 g/mol. The van der Waals surface area contributed by atoms with Crippen LogP contribution >= 0.6 is 12.4 Å². The highest BCUT2D eigenvalue weighted by Crippen LogP contribution is 2.18. The Hall–Kier alpha value is -1.59. The molecule has 0 aliphatic carbocycles. The number of hydrogen-bond acceptors (Lipinski definition) is 3. The van der Waals surface area contributed by atoms with Gasteiger partial charge in [-0.05, 0) is 56.6 Å². The fourth-order valence-corrected chi connectivity index (χ4v) is 2.96. The summed E-state index contributed by atoms with van der Waals surface area (Å²) in [6.45, 7) is 8.54. The van der Waals surface area contributed by atoms with Crippen LogP contribution in [0, 0.1) is 5.92 Å². The lowest BCUT2D eigenvalue weighted by Crippen LogP contribution is -2.46. The fourth-order valence-electron chi connectivity index (χ4n) is 2.96. The molecule has 5 nitrogen and oxygen atoms in total. The third-order valence-electron chi connectivity index (χ3n) is 4.40. The maximum atomic E-state index is 12.9. The summed E-state index contributed by atoms with van der Waals surface area (Å²) in [5.74, 6) is 0.00754. The van der Waals surface area contributed by atoms with E-state index >= 15 is 0 Å². The van der Waals surface area contributed by atoms with Gasteiger partial charge in [-0.3, -0.25) is 9.59 Å². The second-order valence-electron chi connectivity index (χ2n) is 6.70. The second kappa shape index (κ2) is 10.4. The number of benzene rings is 1. The zero-order valence-corrected chi connectivity index (χ0v) is 16.2. The van der Waals surface area contributed by atoms with Gasteiger partial charge in [0.25, 0.3) is 5.91 Å². The number of nitrogens with one attached hydrogen (secondary N) is 2. The molecule has 0 unspecified atom stereocenters. The Morgan fingerprint density at radius 3 is 2.32 bits per heavy atom. The predicted octanol–water partition coefficient (Wildman–Crippen LogP) is 3.31. The molecule has 2 rings (SSSR count). The summed E-state index contributed by atoms with van der Waals surface area (Å²) < 4.78 is 0. The molecular formula is C19H30ClN3O2. The molecule has 1 aliphatic heterocycles. The Morgan fingerprint density at radius 1 is 1.20 bits per heavy atom. The molecule has 1 aliphatic rings. The Bertz CT molecular complexity index is 554. The molecule has 2 N–H and O–H groups in total. The van der Waals surface area contributed by atoms with Crippen molar-refractivity contribution in [2.45, 2.75) is 46.1 Å². The van der Waals surface area contributed by atoms with E-state index in [4.69, 9.17) is 0 Å². The van der Waals surface area contributed by atoms with Crippen LogP contribution in [0.3, 0.4) is 0 Å². The summed E-state index contributed by atoms with van der Waals surface area (Å²) in [5.41, 5.74) is 1.42. The SMILES string of the molecule is CCCN(C(=O)c1ccc(NC(=O)C(C)C)cc1)C1CCNCC1.Cl. The molecule has 1 saturated heterocycles. The van der Waals surface area contributed by atoms with Crippen molar-refractivity contribution in [2.75, 3.05) is 25.0 Å². The molecule has 0 spiro atoms. The van der Waals surface area contributed by atoms with Gasteiger partial charge in [-0.2, -0.15) is 0 Å². The van der Waals surface area contributed by atoms with Crippen LogP contribution in [0.15, 0.2) is 24.3 Å². The van der Waals surface area contributed by atoms with Crippen molar-refractivity contribution >= 4 is 29.9 Å². The quantitative estimate of drug-likeness (QED) is 0.810. The number of piperidine rings is 1. The molecular weight excluding hydrogens is 338 g/mol. The van der Waals surface area contributed by atoms with Crippen molar-refractivity contribution in [1.29, 1.82) is 0 Å². The molecule has 1 aromatic carbocycles. The fraction of sp³-hybridized carbons (Fsp3) is 0.579. The molecule has 0 bridgehead atoms. The van der Waals surface area contributed by atoms with E-state index in [2.05, 4.69) is 17.6 Å². The average Bonchev–Trinajstić information content (AvgIpc) is 2.60. The molecule has 1 heterocycles. The Morgan fingerprint density at radius 2 is 1.80 bits per heavy atom. The molecule has 25 heavy (non-hydrogen) atoms. The van der Waals surface area contributed by atoms with Crippen LogP contribution in [0.4, 0.5) is 5.69 Å². The van der Waals surface area contributed by atoms with E-state index in [0.717, 1.165) is 44.6 Å². The largest absolute Gasteiger partial charge is 0.336 e. The first-order chi connectivity index (χ1) is 11.5. The lowest BCUT2D eigenvalue weighted by Gasteiger charge is -2.34. The van der Waals surface area contributed by atoms with Crippen molar-refractivity contribution in [2.24, 2.45) is 5.92 Å². The number of nitrogens with zero attached hydrogens (tertiary/aromatic N) is 1. The number of rotatable bonds is 6. The molecule has 0 aromatic heterocycles. The number of hydrogen-bond donors (Lipinski definition) is 2. The van der Waals surface area contributed by atoms with Crippen molar-refractivity contribution in [3.05, 3.63) is 29.8 Å². The molecule has 1 fully saturated rings. The van der Waals surface area contributed by atoms with E-state index in [-0.39, 0.29) is 30.1 Å². The minimum absolute atomic E-state index is 0. The summed E-state index contributed by atoms with van der Waals surface area (Å²) in [6.07, 6.45) is 2.97. The molecule has 6 heteroatoms. The summed E-state index contributed by atoms with van der Waals surface area (Å²) in [6, 6.07) is 7.54. The normalized spacial score (nSPS) is 14.7. The minimum atomic E-state index is -0.0636. The summed E-state index contributed by atoms with van der Waals surface area (Å²) in [5, 5.41) is 6.20. The topological polar surface area (TPSA) is 61.4 Å². The molecule has 0 atom stereocenters. The van der Waals surface area contributed by atoms with Crippen LogP contribution in [0.25, 0.3) is 0 Å². The van der Waals surface area contributed by atoms with Gasteiger partial charge in [0.15, 0.2) is 0 Å². The summed E-state index contributed by atoms with van der Waals surface area (Å²) >= 11 is 0. The Kier molecular flexibility index (Phi) is 8.93. The maximum Gasteiger partial charge on any atom is 0.254 e. The van der Waals surface area contributed by atoms with Crippen LogP contribution in [-0.2, 0) is 4.79 Å². The van der Waals surface area contributed by atoms with Crippen LogP contribution in [0.2, 0.25) is 0 Å². The van der Waals surface area contributed by atoms with E-state index in [0.29, 0.717) is 11.6 Å². The number of carbonyl (C=O) groups is 2. The van der Waals surface area contributed by atoms with Crippen LogP contribution in [0.5, 0.6) is 0 Å². The Balaban J connectivity index is 0.00000312. The first-order valence-corrected chi connectivity index (χ1v) is 8.95. The van der Waals surface area contributed by atoms with Crippen molar-refractivity contribution in [1.82, 2.24) is 10.2 Å². The molecule has 140 valence electrons. The zero-order valence-electron chi connectivity index (χ0n) is 15.4. The first-order valence-electron chi connectivity index (χ1n) is 8.95. The van der Waals surface area contributed by atoms with Crippen LogP contribution in [-0.4, -0.2) is 42.4 Å². The number of halogens is 1. The van der Waals surface area contributed by atoms with Gasteiger partial charge in [0.05, 0.1) is 0 Å². The van der Waals surface area contributed by atoms with Gasteiger partial charge in [0.2, 0.25) is 5.91 Å². The van der Waals surface area contributed by atoms with Gasteiger partial charge < -0.3 is 15.5 Å². The van der Waals surface area contributed by atoms with Crippen molar-refractivity contribution in [3.8, 4) is 0 Å². The summed E-state index contributed by atoms with van der Waals surface area (Å²) in [7, 11) is 0. The lowest BCUT2D eigenvalue weighted by atomic mass is 10.0. The predicted molar refractivity (Wildman–Crippen MR) is 104 cm³/mol. The van der Waals surface area contributed by atoms with E-state index < -0.39 is 0 Å². The zero-order chi connectivity index (χ0) is 17.5. The number of amides is 2. The molecule has 2 amide bonds. The second-order valence-corrected chi connectivity index (χ2v) is 6.70. The van der Waals surface area contributed by atoms with E-state index in [9.17, 15) is 9.59 Å². The van der Waals surface area contributed by atoms with Gasteiger partial charge in [0.1, 0.15) is 0 Å². The highest BCUT2D eigenvalue weighted by molar-refractivity contribution is 5.96. The standard InChI is InChI=1S/C19H29N3O2.ClH/c1-4-13-22(17-9-11-20-12-10-17)19(24)15-5-7-16(8-6-15)21-18(23)14(2)3;/h5-8,14,17,20H,4,9-13H2,1-3H3,(H,21,23);1H. The van der Waals surface area contributed by atoms with Crippen molar-refractivity contribution in [3.63, 3.8) is 0 Å². The van der Waals surface area contributed by atoms with Crippen LogP contribution < -0.4 is 10.6 Å². The van der Waals surface area contributed by atoms with E-state index in [1.54, 1.807) is 12.1 Å². The highest BCUT2D eigenvalue weighted by atomic mass is 35.5. The van der Waals surface area contributed by atoms with Crippen molar-refractivity contribution < 1.29 is 9.59 Å². The van der Waals surface area contributed by atoms with Gasteiger partial charge in [-0.15, -0.1) is 12.4 Å². The average molecular weight is 368 g/mol. The Labute approximate surface area is 157 Å². The third kappa shape index (κ3) is 6.01. The van der Waals surface area contributed by atoms with Gasteiger partial charge in [0, 0.05) is 29.8 Å². The highest BCUT2D eigenvalue weighted by Gasteiger charge is 2.25. The third-order valence-corrected chi connectivity index (χ3v) is 4.40. The van der Waals surface area contributed by atoms with Crippen LogP contribution in [0.1, 0.15) is 50.4 Å². The minimum Gasteiger partial charge on any atom is -0.336 e. The number of carbonyl (C=O) groups excluding carboxylic acids is 2. The number of anilines is 1.